The minimum Gasteiger partial charge on any atom is -0.504 e. The van der Waals surface area contributed by atoms with E-state index in [1.165, 1.54) is 11.8 Å². The van der Waals surface area contributed by atoms with Crippen LogP contribution < -0.4 is 10.1 Å². The number of hydrogen-bond acceptors (Lipinski definition) is 6. The van der Waals surface area contributed by atoms with Gasteiger partial charge in [0, 0.05) is 30.3 Å². The molecule has 0 saturated carbocycles. The highest BCUT2D eigenvalue weighted by Crippen LogP contribution is 2.41. The van der Waals surface area contributed by atoms with Crippen molar-refractivity contribution in [3.63, 3.8) is 0 Å². The first-order valence-electron chi connectivity index (χ1n) is 8.12. The molecule has 26 heavy (non-hydrogen) atoms. The number of anilines is 1. The summed E-state index contributed by atoms with van der Waals surface area (Å²) >= 11 is 0. The Balaban J connectivity index is 1.85. The Morgan fingerprint density at radius 1 is 1.31 bits per heavy atom. The SMILES string of the molecule is COc1ccc([C@@H]2CC(=O)Nc3c2c(C)nn3-c2ncccn2)cc1O. The van der Waals surface area contributed by atoms with Gasteiger partial charge >= 0.3 is 0 Å². The van der Waals surface area contributed by atoms with Crippen molar-refractivity contribution in [2.75, 3.05) is 12.4 Å². The minimum atomic E-state index is -0.229. The highest BCUT2D eigenvalue weighted by atomic mass is 16.5. The lowest BCUT2D eigenvalue weighted by molar-refractivity contribution is -0.116. The van der Waals surface area contributed by atoms with E-state index in [4.69, 9.17) is 4.74 Å². The molecule has 1 aliphatic heterocycles. The molecule has 0 fully saturated rings. The summed E-state index contributed by atoms with van der Waals surface area (Å²) in [6.45, 7) is 1.88. The highest BCUT2D eigenvalue weighted by molar-refractivity contribution is 5.95. The van der Waals surface area contributed by atoms with Crippen LogP contribution in [0.1, 0.15) is 29.2 Å². The predicted octanol–water partition coefficient (Wildman–Crippen LogP) is 2.16. The number of fused-ring (bicyclic) bond motifs is 1. The van der Waals surface area contributed by atoms with Crippen LogP contribution in [0.3, 0.4) is 0 Å². The number of methoxy groups -OCH3 is 1. The molecule has 3 heterocycles. The summed E-state index contributed by atoms with van der Waals surface area (Å²) in [6, 6.07) is 6.88. The van der Waals surface area contributed by atoms with Gasteiger partial charge in [0.1, 0.15) is 5.82 Å². The first kappa shape index (κ1) is 16.1. The van der Waals surface area contributed by atoms with Crippen molar-refractivity contribution in [1.82, 2.24) is 19.7 Å². The normalized spacial score (nSPS) is 16.1. The third-order valence-corrected chi connectivity index (χ3v) is 4.45. The van der Waals surface area contributed by atoms with Crippen molar-refractivity contribution in [3.05, 3.63) is 53.5 Å². The zero-order valence-electron chi connectivity index (χ0n) is 14.3. The standard InChI is InChI=1S/C18H17N5O3/c1-10-16-12(11-4-5-14(26-2)13(24)8-11)9-15(25)21-17(16)23(22-10)18-19-6-3-7-20-18/h3-8,12,24H,9H2,1-2H3,(H,21,25)/t12-/m0/s1. The highest BCUT2D eigenvalue weighted by Gasteiger charge is 2.33. The number of hydrogen-bond donors (Lipinski definition) is 2. The number of carbonyl (C=O) groups excluding carboxylic acids is 1. The van der Waals surface area contributed by atoms with Gasteiger partial charge < -0.3 is 15.2 Å². The molecular formula is C18H17N5O3. The van der Waals surface area contributed by atoms with Crippen molar-refractivity contribution in [3.8, 4) is 17.4 Å². The van der Waals surface area contributed by atoms with Gasteiger partial charge in [0.05, 0.1) is 12.8 Å². The molecule has 1 amide bonds. The molecule has 4 rings (SSSR count). The van der Waals surface area contributed by atoms with E-state index in [2.05, 4.69) is 20.4 Å². The smallest absolute Gasteiger partial charge is 0.252 e. The number of benzene rings is 1. The van der Waals surface area contributed by atoms with Crippen LogP contribution in [0.4, 0.5) is 5.82 Å². The Kier molecular flexibility index (Phi) is 3.80. The maximum Gasteiger partial charge on any atom is 0.252 e. The summed E-state index contributed by atoms with van der Waals surface area (Å²) in [6.07, 6.45) is 3.51. The molecule has 8 heteroatoms. The van der Waals surface area contributed by atoms with Gasteiger partial charge in [-0.15, -0.1) is 0 Å². The Morgan fingerprint density at radius 3 is 2.77 bits per heavy atom. The van der Waals surface area contributed by atoms with Gasteiger partial charge in [-0.25, -0.2) is 9.97 Å². The molecule has 1 atom stereocenters. The van der Waals surface area contributed by atoms with Crippen molar-refractivity contribution in [2.24, 2.45) is 0 Å². The molecule has 0 aliphatic carbocycles. The molecule has 3 aromatic rings. The largest absolute Gasteiger partial charge is 0.504 e. The van der Waals surface area contributed by atoms with Crippen molar-refractivity contribution >= 4 is 11.7 Å². The monoisotopic (exact) mass is 351 g/mol. The lowest BCUT2D eigenvalue weighted by Gasteiger charge is -2.24. The molecule has 132 valence electrons. The Morgan fingerprint density at radius 2 is 2.08 bits per heavy atom. The predicted molar refractivity (Wildman–Crippen MR) is 93.6 cm³/mol. The fourth-order valence-corrected chi connectivity index (χ4v) is 3.30. The second kappa shape index (κ2) is 6.14. The topological polar surface area (TPSA) is 102 Å². The van der Waals surface area contributed by atoms with Crippen LogP contribution in [-0.4, -0.2) is 37.9 Å². The molecule has 0 spiro atoms. The van der Waals surface area contributed by atoms with E-state index in [1.54, 1.807) is 30.6 Å². The maximum atomic E-state index is 12.3. The summed E-state index contributed by atoms with van der Waals surface area (Å²) in [5.41, 5.74) is 2.48. The van der Waals surface area contributed by atoms with Gasteiger partial charge in [0.2, 0.25) is 5.91 Å². The molecule has 2 aromatic heterocycles. The van der Waals surface area contributed by atoms with Gasteiger partial charge in [-0.2, -0.15) is 9.78 Å². The molecule has 0 unspecified atom stereocenters. The zero-order valence-corrected chi connectivity index (χ0v) is 14.3. The first-order chi connectivity index (χ1) is 12.6. The number of amides is 1. The number of aromatic nitrogens is 4. The van der Waals surface area contributed by atoms with Crippen LogP contribution in [-0.2, 0) is 4.79 Å². The maximum absolute atomic E-state index is 12.3. The number of rotatable bonds is 3. The second-order valence-electron chi connectivity index (χ2n) is 6.04. The van der Waals surface area contributed by atoms with Crippen molar-refractivity contribution in [2.45, 2.75) is 19.3 Å². The number of aromatic hydroxyl groups is 1. The van der Waals surface area contributed by atoms with Crippen molar-refractivity contribution in [1.29, 1.82) is 0 Å². The van der Waals surface area contributed by atoms with E-state index in [9.17, 15) is 9.90 Å². The van der Waals surface area contributed by atoms with E-state index in [-0.39, 0.29) is 24.0 Å². The lowest BCUT2D eigenvalue weighted by atomic mass is 9.85. The van der Waals surface area contributed by atoms with Gasteiger partial charge in [-0.05, 0) is 30.7 Å². The molecule has 0 bridgehead atoms. The van der Waals surface area contributed by atoms with Gasteiger partial charge in [0.25, 0.3) is 5.95 Å². The number of carbonyl (C=O) groups is 1. The van der Waals surface area contributed by atoms with Crippen LogP contribution >= 0.6 is 0 Å². The Bertz CT molecular complexity index is 984. The van der Waals surface area contributed by atoms with Gasteiger partial charge in [-0.1, -0.05) is 6.07 Å². The summed E-state index contributed by atoms with van der Waals surface area (Å²) in [5.74, 6) is 1.01. The molecule has 1 aliphatic rings. The molecule has 0 saturated heterocycles. The van der Waals surface area contributed by atoms with Crippen LogP contribution in [0.5, 0.6) is 11.5 Å². The van der Waals surface area contributed by atoms with Gasteiger partial charge in [0.15, 0.2) is 11.5 Å². The van der Waals surface area contributed by atoms with Crippen LogP contribution in [0.15, 0.2) is 36.7 Å². The quantitative estimate of drug-likeness (QED) is 0.750. The Labute approximate surface area is 149 Å². The van der Waals surface area contributed by atoms with E-state index in [0.29, 0.717) is 17.5 Å². The van der Waals surface area contributed by atoms with E-state index in [1.807, 2.05) is 13.0 Å². The molecule has 0 radical (unpaired) electrons. The first-order valence-corrected chi connectivity index (χ1v) is 8.12. The number of nitrogens with one attached hydrogen (secondary N) is 1. The number of phenols is 1. The summed E-state index contributed by atoms with van der Waals surface area (Å²) in [4.78, 5) is 20.8. The Hall–Kier alpha value is -3.42. The summed E-state index contributed by atoms with van der Waals surface area (Å²) < 4.78 is 6.64. The van der Waals surface area contributed by atoms with E-state index in [0.717, 1.165) is 16.8 Å². The van der Waals surface area contributed by atoms with Crippen LogP contribution in [0, 0.1) is 6.92 Å². The molecule has 1 aromatic carbocycles. The number of phenolic OH excluding ortho intramolecular Hbond substituents is 1. The van der Waals surface area contributed by atoms with Crippen LogP contribution in [0.25, 0.3) is 5.95 Å². The lowest BCUT2D eigenvalue weighted by Crippen LogP contribution is -2.25. The summed E-state index contributed by atoms with van der Waals surface area (Å²) in [7, 11) is 1.49. The third-order valence-electron chi connectivity index (χ3n) is 4.45. The fraction of sp³-hybridized carbons (Fsp3) is 0.222. The zero-order chi connectivity index (χ0) is 18.3. The van der Waals surface area contributed by atoms with E-state index < -0.39 is 0 Å². The number of aryl methyl sites for hydroxylation is 1. The molecular weight excluding hydrogens is 334 g/mol. The summed E-state index contributed by atoms with van der Waals surface area (Å²) in [5, 5.41) is 17.5. The van der Waals surface area contributed by atoms with Crippen molar-refractivity contribution < 1.29 is 14.6 Å². The third kappa shape index (κ3) is 2.55. The fourth-order valence-electron chi connectivity index (χ4n) is 3.30. The number of ether oxygens (including phenoxy) is 1. The average molecular weight is 351 g/mol. The van der Waals surface area contributed by atoms with E-state index >= 15 is 0 Å². The van der Waals surface area contributed by atoms with Gasteiger partial charge in [-0.3, -0.25) is 4.79 Å². The van der Waals surface area contributed by atoms with Crippen LogP contribution in [0.2, 0.25) is 0 Å². The number of nitrogens with zero attached hydrogens (tertiary/aromatic N) is 4. The minimum absolute atomic E-state index is 0.0361. The molecule has 2 N–H and O–H groups in total. The second-order valence-corrected chi connectivity index (χ2v) is 6.04. The average Bonchev–Trinajstić information content (AvgIpc) is 2.98. The molecule has 8 nitrogen and oxygen atoms in total.